The number of hydrogen-bond acceptors (Lipinski definition) is 4. The molecule has 0 bridgehead atoms. The van der Waals surface area contributed by atoms with E-state index in [-0.39, 0.29) is 24.9 Å². The van der Waals surface area contributed by atoms with Gasteiger partial charge in [-0.05, 0) is 25.0 Å². The molecule has 5 nitrogen and oxygen atoms in total. The first-order valence-corrected chi connectivity index (χ1v) is 7.47. The molecule has 1 saturated carbocycles. The van der Waals surface area contributed by atoms with Gasteiger partial charge >= 0.3 is 0 Å². The first-order valence-electron chi connectivity index (χ1n) is 6.42. The second-order valence-electron chi connectivity index (χ2n) is 4.53. The number of nitrogens with two attached hydrogens (primary N) is 1. The van der Waals surface area contributed by atoms with Crippen molar-refractivity contribution in [1.29, 1.82) is 0 Å². The van der Waals surface area contributed by atoms with Crippen LogP contribution in [0, 0.1) is 0 Å². The van der Waals surface area contributed by atoms with Crippen molar-refractivity contribution in [2.24, 2.45) is 5.73 Å². The number of thioether (sulfide) groups is 1. The van der Waals surface area contributed by atoms with Gasteiger partial charge in [-0.25, -0.2) is 0 Å². The van der Waals surface area contributed by atoms with Crippen molar-refractivity contribution in [3.63, 3.8) is 0 Å². The Hall–Kier alpha value is -0.750. The second kappa shape index (κ2) is 7.63. The van der Waals surface area contributed by atoms with E-state index in [2.05, 4.69) is 12.2 Å². The number of hydrogen-bond donors (Lipinski definition) is 2. The fraction of sp³-hybridized carbons (Fsp3) is 0.833. The summed E-state index contributed by atoms with van der Waals surface area (Å²) in [6.45, 7) is 2.14. The highest BCUT2D eigenvalue weighted by Crippen LogP contribution is 2.32. The van der Waals surface area contributed by atoms with Gasteiger partial charge in [-0.15, -0.1) is 0 Å². The summed E-state index contributed by atoms with van der Waals surface area (Å²) < 4.78 is 0. The monoisotopic (exact) mass is 273 g/mol. The molecule has 6 heteroatoms. The highest BCUT2D eigenvalue weighted by atomic mass is 32.2. The predicted molar refractivity (Wildman–Crippen MR) is 74.4 cm³/mol. The van der Waals surface area contributed by atoms with Gasteiger partial charge in [-0.1, -0.05) is 6.92 Å². The van der Waals surface area contributed by atoms with E-state index < -0.39 is 0 Å². The number of carbonyl (C=O) groups is 2. The summed E-state index contributed by atoms with van der Waals surface area (Å²) in [4.78, 5) is 24.6. The van der Waals surface area contributed by atoms with Crippen LogP contribution in [0.15, 0.2) is 0 Å². The molecule has 0 heterocycles. The molecule has 0 saturated heterocycles. The molecule has 1 rings (SSSR count). The van der Waals surface area contributed by atoms with Gasteiger partial charge in [0.05, 0.1) is 13.1 Å². The van der Waals surface area contributed by atoms with Crippen LogP contribution >= 0.6 is 11.8 Å². The Labute approximate surface area is 113 Å². The van der Waals surface area contributed by atoms with Crippen molar-refractivity contribution in [3.05, 3.63) is 0 Å². The third-order valence-corrected chi connectivity index (χ3v) is 4.56. The number of nitrogens with one attached hydrogen (secondary N) is 1. The fourth-order valence-corrected chi connectivity index (χ4v) is 3.36. The van der Waals surface area contributed by atoms with E-state index in [1.807, 2.05) is 18.8 Å². The normalized spacial score (nSPS) is 22.8. The summed E-state index contributed by atoms with van der Waals surface area (Å²) >= 11 is 1.97. The van der Waals surface area contributed by atoms with Crippen LogP contribution in [0.5, 0.6) is 0 Å². The van der Waals surface area contributed by atoms with E-state index in [1.165, 1.54) is 6.42 Å². The maximum Gasteiger partial charge on any atom is 0.241 e. The molecular weight excluding hydrogens is 250 g/mol. The smallest absolute Gasteiger partial charge is 0.241 e. The largest absolute Gasteiger partial charge is 0.346 e. The number of nitrogens with zero attached hydrogens (tertiary/aromatic N) is 1. The van der Waals surface area contributed by atoms with E-state index in [0.29, 0.717) is 11.3 Å². The van der Waals surface area contributed by atoms with Crippen molar-refractivity contribution in [2.75, 3.05) is 25.9 Å². The first-order chi connectivity index (χ1) is 8.58. The molecule has 0 aromatic carbocycles. The van der Waals surface area contributed by atoms with Crippen LogP contribution in [-0.4, -0.2) is 53.9 Å². The molecule has 3 N–H and O–H groups in total. The van der Waals surface area contributed by atoms with Crippen LogP contribution < -0.4 is 11.1 Å². The van der Waals surface area contributed by atoms with E-state index >= 15 is 0 Å². The lowest BCUT2D eigenvalue weighted by Crippen LogP contribution is -2.43. The van der Waals surface area contributed by atoms with Crippen molar-refractivity contribution in [1.82, 2.24) is 10.2 Å². The lowest BCUT2D eigenvalue weighted by atomic mass is 10.2. The van der Waals surface area contributed by atoms with Gasteiger partial charge in [0.2, 0.25) is 11.8 Å². The molecular formula is C12H23N3O2S. The molecule has 2 amide bonds. The van der Waals surface area contributed by atoms with E-state index in [1.54, 1.807) is 4.90 Å². The molecule has 1 aliphatic carbocycles. The molecule has 0 spiro atoms. The molecule has 1 aliphatic rings. The first kappa shape index (κ1) is 15.3. The van der Waals surface area contributed by atoms with Crippen molar-refractivity contribution in [3.8, 4) is 0 Å². The topological polar surface area (TPSA) is 75.4 Å². The molecule has 18 heavy (non-hydrogen) atoms. The Bertz CT molecular complexity index is 299. The predicted octanol–water partition coefficient (Wildman–Crippen LogP) is 0.194. The average molecular weight is 273 g/mol. The second-order valence-corrected chi connectivity index (χ2v) is 6.11. The Morgan fingerprint density at radius 1 is 1.44 bits per heavy atom. The number of likely N-dealkylation sites (N-methyl/N-ethyl adjacent to an activating group) is 1. The van der Waals surface area contributed by atoms with Gasteiger partial charge in [0.15, 0.2) is 0 Å². The van der Waals surface area contributed by atoms with Gasteiger partial charge in [-0.3, -0.25) is 9.59 Å². The lowest BCUT2D eigenvalue weighted by Gasteiger charge is -2.24. The van der Waals surface area contributed by atoms with Crippen LogP contribution in [0.1, 0.15) is 26.2 Å². The van der Waals surface area contributed by atoms with Gasteiger partial charge in [0.1, 0.15) is 0 Å². The van der Waals surface area contributed by atoms with Crippen LogP contribution in [0.3, 0.4) is 0 Å². The van der Waals surface area contributed by atoms with Crippen LogP contribution in [0.2, 0.25) is 0 Å². The summed E-state index contributed by atoms with van der Waals surface area (Å²) in [5.41, 5.74) is 5.17. The van der Waals surface area contributed by atoms with Crippen molar-refractivity contribution in [2.45, 2.75) is 37.5 Å². The Kier molecular flexibility index (Phi) is 6.49. The molecule has 2 atom stereocenters. The van der Waals surface area contributed by atoms with Gasteiger partial charge in [0, 0.05) is 18.3 Å². The molecule has 0 aliphatic heterocycles. The minimum Gasteiger partial charge on any atom is -0.346 e. The fourth-order valence-electron chi connectivity index (χ4n) is 2.23. The maximum atomic E-state index is 11.9. The van der Waals surface area contributed by atoms with Gasteiger partial charge in [0.25, 0.3) is 0 Å². The molecule has 104 valence electrons. The van der Waals surface area contributed by atoms with E-state index in [0.717, 1.165) is 18.6 Å². The lowest BCUT2D eigenvalue weighted by molar-refractivity contribution is -0.133. The molecule has 0 radical (unpaired) electrons. The van der Waals surface area contributed by atoms with Gasteiger partial charge in [-0.2, -0.15) is 11.8 Å². The number of carbonyl (C=O) groups excluding carboxylic acids is 2. The van der Waals surface area contributed by atoms with E-state index in [9.17, 15) is 9.59 Å². The summed E-state index contributed by atoms with van der Waals surface area (Å²) in [6.07, 6.45) is 3.30. The summed E-state index contributed by atoms with van der Waals surface area (Å²) in [6, 6.07) is 0.316. The summed E-state index contributed by atoms with van der Waals surface area (Å²) in [5.74, 6) is 0.799. The Balaban J connectivity index is 2.33. The third kappa shape index (κ3) is 4.49. The highest BCUT2D eigenvalue weighted by molar-refractivity contribution is 7.99. The van der Waals surface area contributed by atoms with Gasteiger partial charge < -0.3 is 16.0 Å². The van der Waals surface area contributed by atoms with Crippen molar-refractivity contribution >= 4 is 23.6 Å². The summed E-state index contributed by atoms with van der Waals surface area (Å²) in [7, 11) is 1.82. The van der Waals surface area contributed by atoms with Crippen LogP contribution in [-0.2, 0) is 9.59 Å². The Morgan fingerprint density at radius 3 is 2.78 bits per heavy atom. The standard InChI is InChI=1S/C12H23N3O2S/c1-3-18-10-5-4-9(6-10)15(2)12(17)8-14-11(16)7-13/h9-10H,3-8,13H2,1-2H3,(H,14,16). The zero-order valence-corrected chi connectivity index (χ0v) is 12.0. The van der Waals surface area contributed by atoms with Crippen LogP contribution in [0.25, 0.3) is 0 Å². The highest BCUT2D eigenvalue weighted by Gasteiger charge is 2.29. The van der Waals surface area contributed by atoms with E-state index in [4.69, 9.17) is 5.73 Å². The Morgan fingerprint density at radius 2 is 2.17 bits per heavy atom. The molecule has 0 aromatic heterocycles. The zero-order chi connectivity index (χ0) is 13.5. The number of rotatable bonds is 6. The quantitative estimate of drug-likeness (QED) is 0.724. The molecule has 0 aromatic rings. The molecule has 1 fully saturated rings. The zero-order valence-electron chi connectivity index (χ0n) is 11.1. The number of amides is 2. The van der Waals surface area contributed by atoms with Crippen molar-refractivity contribution < 1.29 is 9.59 Å². The van der Waals surface area contributed by atoms with Crippen LogP contribution in [0.4, 0.5) is 0 Å². The minimum atomic E-state index is -0.289. The maximum absolute atomic E-state index is 11.9. The SMILES string of the molecule is CCSC1CCC(N(C)C(=O)CNC(=O)CN)C1. The molecule has 2 unspecified atom stereocenters. The summed E-state index contributed by atoms with van der Waals surface area (Å²) in [5, 5.41) is 3.19. The third-order valence-electron chi connectivity index (χ3n) is 3.32. The average Bonchev–Trinajstić information content (AvgIpc) is 2.83. The minimum absolute atomic E-state index is 0.0380.